The Morgan fingerprint density at radius 3 is 2.40 bits per heavy atom. The van der Waals surface area contributed by atoms with E-state index in [1.165, 1.54) is 0 Å². The fourth-order valence-corrected chi connectivity index (χ4v) is 2.20. The smallest absolute Gasteiger partial charge is 0.163 e. The fraction of sp³-hybridized carbons (Fsp3) is 0.154. The van der Waals surface area contributed by atoms with Crippen molar-refractivity contribution in [3.05, 3.63) is 46.4 Å². The second-order valence-corrected chi connectivity index (χ2v) is 4.31. The van der Waals surface area contributed by atoms with E-state index in [1.54, 1.807) is 0 Å². The molecule has 0 N–H and O–H groups in total. The fourth-order valence-electron chi connectivity index (χ4n) is 1.62. The van der Waals surface area contributed by atoms with Crippen molar-refractivity contribution in [3.63, 3.8) is 0 Å². The zero-order valence-corrected chi connectivity index (χ0v) is 10.0. The van der Waals surface area contributed by atoms with Crippen molar-refractivity contribution < 1.29 is 4.79 Å². The van der Waals surface area contributed by atoms with Gasteiger partial charge in [0.15, 0.2) is 5.78 Å². The van der Waals surface area contributed by atoms with Crippen LogP contribution in [0.4, 0.5) is 0 Å². The van der Waals surface area contributed by atoms with Crippen molar-refractivity contribution >= 4 is 32.5 Å². The van der Waals surface area contributed by atoms with Crippen LogP contribution >= 0.6 is 15.9 Å². The molecule has 2 heteroatoms. The van der Waals surface area contributed by atoms with Crippen LogP contribution in [0.5, 0.6) is 0 Å². The third-order valence-electron chi connectivity index (χ3n) is 2.46. The minimum absolute atomic E-state index is 0.174. The standard InChI is InChI=1S/C13H11BrO/c1-2-13(15)11-7-9-5-3-4-6-10(9)8-12(11)14/h3-8H,2H2,1H3. The molecule has 0 aromatic heterocycles. The molecule has 0 bridgehead atoms. The van der Waals surface area contributed by atoms with Crippen LogP contribution in [0.1, 0.15) is 23.7 Å². The van der Waals surface area contributed by atoms with Gasteiger partial charge in [-0.1, -0.05) is 47.1 Å². The molecular weight excluding hydrogens is 252 g/mol. The Morgan fingerprint density at radius 2 is 1.80 bits per heavy atom. The highest BCUT2D eigenvalue weighted by atomic mass is 79.9. The first-order valence-corrected chi connectivity index (χ1v) is 5.73. The first kappa shape index (κ1) is 10.4. The van der Waals surface area contributed by atoms with Crippen LogP contribution in [0.2, 0.25) is 0 Å². The van der Waals surface area contributed by atoms with Gasteiger partial charge in [0.25, 0.3) is 0 Å². The minimum atomic E-state index is 0.174. The number of benzene rings is 2. The third-order valence-corrected chi connectivity index (χ3v) is 3.11. The normalized spacial score (nSPS) is 10.5. The molecule has 0 fully saturated rings. The lowest BCUT2D eigenvalue weighted by Crippen LogP contribution is -1.97. The van der Waals surface area contributed by atoms with Gasteiger partial charge >= 0.3 is 0 Å². The summed E-state index contributed by atoms with van der Waals surface area (Å²) in [5.74, 6) is 0.174. The van der Waals surface area contributed by atoms with Crippen LogP contribution in [0.3, 0.4) is 0 Å². The quantitative estimate of drug-likeness (QED) is 0.742. The Hall–Kier alpha value is -1.15. The number of hydrogen-bond donors (Lipinski definition) is 0. The van der Waals surface area contributed by atoms with Crippen molar-refractivity contribution in [1.82, 2.24) is 0 Å². The molecule has 2 rings (SSSR count). The van der Waals surface area contributed by atoms with Crippen molar-refractivity contribution in [2.45, 2.75) is 13.3 Å². The molecule has 76 valence electrons. The monoisotopic (exact) mass is 262 g/mol. The number of carbonyl (C=O) groups excluding carboxylic acids is 1. The lowest BCUT2D eigenvalue weighted by Gasteiger charge is -2.04. The van der Waals surface area contributed by atoms with E-state index in [1.807, 2.05) is 43.3 Å². The SMILES string of the molecule is CCC(=O)c1cc2ccccc2cc1Br. The second kappa shape index (κ2) is 4.15. The van der Waals surface area contributed by atoms with Crippen LogP contribution in [0.15, 0.2) is 40.9 Å². The maximum absolute atomic E-state index is 11.6. The van der Waals surface area contributed by atoms with Gasteiger partial charge in [-0.05, 0) is 22.9 Å². The molecule has 0 aliphatic rings. The van der Waals surface area contributed by atoms with Gasteiger partial charge in [0.2, 0.25) is 0 Å². The number of ketones is 1. The van der Waals surface area contributed by atoms with Crippen molar-refractivity contribution in [3.8, 4) is 0 Å². The first-order chi connectivity index (χ1) is 7.22. The summed E-state index contributed by atoms with van der Waals surface area (Å²) in [5, 5.41) is 2.26. The van der Waals surface area contributed by atoms with E-state index in [4.69, 9.17) is 0 Å². The maximum Gasteiger partial charge on any atom is 0.163 e. The summed E-state index contributed by atoms with van der Waals surface area (Å²) < 4.78 is 0.882. The summed E-state index contributed by atoms with van der Waals surface area (Å²) >= 11 is 3.44. The predicted molar refractivity (Wildman–Crippen MR) is 66.3 cm³/mol. The van der Waals surface area contributed by atoms with E-state index < -0.39 is 0 Å². The van der Waals surface area contributed by atoms with Crippen molar-refractivity contribution in [2.24, 2.45) is 0 Å². The zero-order chi connectivity index (χ0) is 10.8. The van der Waals surface area contributed by atoms with Gasteiger partial charge in [-0.3, -0.25) is 4.79 Å². The Bertz CT molecular complexity index is 517. The van der Waals surface area contributed by atoms with E-state index in [9.17, 15) is 4.79 Å². The largest absolute Gasteiger partial charge is 0.294 e. The van der Waals surface area contributed by atoms with Crippen LogP contribution in [-0.4, -0.2) is 5.78 Å². The average Bonchev–Trinajstić information content (AvgIpc) is 2.27. The van der Waals surface area contributed by atoms with E-state index in [0.717, 1.165) is 20.8 Å². The van der Waals surface area contributed by atoms with Crippen LogP contribution < -0.4 is 0 Å². The molecule has 0 spiro atoms. The maximum atomic E-state index is 11.6. The summed E-state index contributed by atoms with van der Waals surface area (Å²) in [6.45, 7) is 1.88. The lowest BCUT2D eigenvalue weighted by molar-refractivity contribution is 0.0987. The highest BCUT2D eigenvalue weighted by molar-refractivity contribution is 9.10. The molecule has 2 aromatic carbocycles. The van der Waals surface area contributed by atoms with Gasteiger partial charge in [-0.2, -0.15) is 0 Å². The number of fused-ring (bicyclic) bond motifs is 1. The van der Waals surface area contributed by atoms with Gasteiger partial charge in [0.1, 0.15) is 0 Å². The molecular formula is C13H11BrO. The Kier molecular flexibility index (Phi) is 2.87. The molecule has 0 radical (unpaired) electrons. The third kappa shape index (κ3) is 1.95. The molecule has 0 aliphatic carbocycles. The number of carbonyl (C=O) groups is 1. The Balaban J connectivity index is 2.67. The van der Waals surface area contributed by atoms with Crippen LogP contribution in [-0.2, 0) is 0 Å². The number of rotatable bonds is 2. The van der Waals surface area contributed by atoms with Gasteiger partial charge in [-0.25, -0.2) is 0 Å². The van der Waals surface area contributed by atoms with E-state index in [0.29, 0.717) is 6.42 Å². The van der Waals surface area contributed by atoms with Gasteiger partial charge in [0, 0.05) is 16.5 Å². The molecule has 0 amide bonds. The number of Topliss-reactive ketones (excluding diaryl/α,β-unsaturated/α-hetero) is 1. The lowest BCUT2D eigenvalue weighted by atomic mass is 10.0. The van der Waals surface area contributed by atoms with E-state index in [-0.39, 0.29) is 5.78 Å². The average molecular weight is 263 g/mol. The van der Waals surface area contributed by atoms with E-state index >= 15 is 0 Å². The zero-order valence-electron chi connectivity index (χ0n) is 8.46. The topological polar surface area (TPSA) is 17.1 Å². The highest BCUT2D eigenvalue weighted by Gasteiger charge is 2.08. The van der Waals surface area contributed by atoms with Gasteiger partial charge in [0.05, 0.1) is 0 Å². The van der Waals surface area contributed by atoms with Gasteiger partial charge in [-0.15, -0.1) is 0 Å². The van der Waals surface area contributed by atoms with Crippen molar-refractivity contribution in [1.29, 1.82) is 0 Å². The molecule has 1 nitrogen and oxygen atoms in total. The van der Waals surface area contributed by atoms with Crippen molar-refractivity contribution in [2.75, 3.05) is 0 Å². The summed E-state index contributed by atoms with van der Waals surface area (Å²) in [6, 6.07) is 12.0. The second-order valence-electron chi connectivity index (χ2n) is 3.46. The molecule has 0 heterocycles. The van der Waals surface area contributed by atoms with E-state index in [2.05, 4.69) is 15.9 Å². The molecule has 0 saturated carbocycles. The molecule has 0 saturated heterocycles. The minimum Gasteiger partial charge on any atom is -0.294 e. The molecule has 2 aromatic rings. The summed E-state index contributed by atoms with van der Waals surface area (Å²) in [6.07, 6.45) is 0.539. The predicted octanol–water partition coefficient (Wildman–Crippen LogP) is 4.20. The van der Waals surface area contributed by atoms with Crippen LogP contribution in [0, 0.1) is 0 Å². The number of hydrogen-bond acceptors (Lipinski definition) is 1. The van der Waals surface area contributed by atoms with Crippen LogP contribution in [0.25, 0.3) is 10.8 Å². The molecule has 15 heavy (non-hydrogen) atoms. The molecule has 0 atom stereocenters. The molecule has 0 unspecified atom stereocenters. The summed E-state index contributed by atoms with van der Waals surface area (Å²) in [7, 11) is 0. The Labute approximate surface area is 97.2 Å². The summed E-state index contributed by atoms with van der Waals surface area (Å²) in [4.78, 5) is 11.6. The Morgan fingerprint density at radius 1 is 1.20 bits per heavy atom. The number of halogens is 1. The summed E-state index contributed by atoms with van der Waals surface area (Å²) in [5.41, 5.74) is 0.774. The first-order valence-electron chi connectivity index (χ1n) is 4.94. The highest BCUT2D eigenvalue weighted by Crippen LogP contribution is 2.25. The van der Waals surface area contributed by atoms with Gasteiger partial charge < -0.3 is 0 Å². The molecule has 0 aliphatic heterocycles.